The highest BCUT2D eigenvalue weighted by molar-refractivity contribution is 7.18. The molecular formula is C19H19N3O4S. The molecule has 0 spiro atoms. The van der Waals surface area contributed by atoms with Gasteiger partial charge in [0.05, 0.1) is 18.6 Å². The molecule has 0 aliphatic rings. The first-order valence-corrected chi connectivity index (χ1v) is 9.27. The summed E-state index contributed by atoms with van der Waals surface area (Å²) in [5, 5.41) is 3.10. The third kappa shape index (κ3) is 4.47. The lowest BCUT2D eigenvalue weighted by molar-refractivity contribution is 0.0984. The second-order valence-electron chi connectivity index (χ2n) is 5.77. The topological polar surface area (TPSA) is 94.3 Å². The average Bonchev–Trinajstić information content (AvgIpc) is 3.32. The Balaban J connectivity index is 1.86. The number of nitrogens with one attached hydrogen (secondary N) is 1. The first kappa shape index (κ1) is 18.9. The molecule has 0 atom stereocenters. The van der Waals surface area contributed by atoms with Crippen molar-refractivity contribution in [3.63, 3.8) is 0 Å². The largest absolute Gasteiger partial charge is 0.463 e. The fourth-order valence-corrected chi connectivity index (χ4v) is 3.43. The molecular weight excluding hydrogens is 366 g/mol. The van der Waals surface area contributed by atoms with Crippen molar-refractivity contribution in [1.82, 2.24) is 9.97 Å². The molecule has 0 aliphatic heterocycles. The van der Waals surface area contributed by atoms with E-state index in [0.717, 1.165) is 17.8 Å². The monoisotopic (exact) mass is 385 g/mol. The van der Waals surface area contributed by atoms with E-state index in [9.17, 15) is 9.59 Å². The van der Waals surface area contributed by atoms with E-state index in [1.165, 1.54) is 6.26 Å². The van der Waals surface area contributed by atoms with Crippen LogP contribution in [0.15, 0.2) is 41.1 Å². The number of Topliss-reactive ketones (excluding diaryl/α,β-unsaturated/α-hetero) is 1. The van der Waals surface area contributed by atoms with Gasteiger partial charge in [0.1, 0.15) is 10.6 Å². The highest BCUT2D eigenvalue weighted by Crippen LogP contribution is 2.33. The molecule has 0 radical (unpaired) electrons. The number of amides is 1. The number of carbonyl (C=O) groups excluding carboxylic acids is 2. The van der Waals surface area contributed by atoms with Crippen molar-refractivity contribution in [1.29, 1.82) is 0 Å². The average molecular weight is 385 g/mol. The van der Waals surface area contributed by atoms with Crippen LogP contribution in [0.2, 0.25) is 0 Å². The van der Waals surface area contributed by atoms with Crippen molar-refractivity contribution in [3.8, 4) is 11.5 Å². The maximum Gasteiger partial charge on any atom is 0.257 e. The molecule has 0 fully saturated rings. The molecule has 3 heterocycles. The third-order valence-corrected chi connectivity index (χ3v) is 4.72. The fourth-order valence-electron chi connectivity index (χ4n) is 2.50. The fraction of sp³-hybridized carbons (Fsp3) is 0.263. The molecule has 0 saturated carbocycles. The van der Waals surface area contributed by atoms with Crippen molar-refractivity contribution in [3.05, 3.63) is 52.9 Å². The summed E-state index contributed by atoms with van der Waals surface area (Å²) < 4.78 is 10.4. The Morgan fingerprint density at radius 2 is 2.19 bits per heavy atom. The number of pyridine rings is 1. The Morgan fingerprint density at radius 3 is 2.89 bits per heavy atom. The highest BCUT2D eigenvalue weighted by Gasteiger charge is 2.22. The first-order valence-electron chi connectivity index (χ1n) is 8.45. The van der Waals surface area contributed by atoms with Crippen LogP contribution in [-0.2, 0) is 11.3 Å². The minimum atomic E-state index is -0.330. The number of carbonyl (C=O) groups is 2. The van der Waals surface area contributed by atoms with E-state index < -0.39 is 0 Å². The van der Waals surface area contributed by atoms with Gasteiger partial charge in [-0.05, 0) is 30.7 Å². The van der Waals surface area contributed by atoms with Gasteiger partial charge in [0.15, 0.2) is 16.7 Å². The van der Waals surface area contributed by atoms with Crippen LogP contribution in [0, 0.1) is 0 Å². The number of furan rings is 1. The number of ketones is 1. The first-order chi connectivity index (χ1) is 13.1. The maximum atomic E-state index is 12.6. The predicted octanol–water partition coefficient (Wildman–Crippen LogP) is 4.18. The Morgan fingerprint density at radius 1 is 1.33 bits per heavy atom. The summed E-state index contributed by atoms with van der Waals surface area (Å²) >= 11 is 1.15. The molecule has 140 valence electrons. The van der Waals surface area contributed by atoms with Crippen LogP contribution in [-0.4, -0.2) is 28.8 Å². The number of ether oxygens (including phenoxy) is 1. The summed E-state index contributed by atoms with van der Waals surface area (Å²) in [5.74, 6) is 0.148. The van der Waals surface area contributed by atoms with Gasteiger partial charge in [0, 0.05) is 25.3 Å². The summed E-state index contributed by atoms with van der Waals surface area (Å²) in [4.78, 5) is 34.0. The van der Waals surface area contributed by atoms with E-state index in [4.69, 9.17) is 9.15 Å². The van der Waals surface area contributed by atoms with Crippen molar-refractivity contribution in [2.75, 3.05) is 12.4 Å². The van der Waals surface area contributed by atoms with Crippen LogP contribution in [0.3, 0.4) is 0 Å². The van der Waals surface area contributed by atoms with E-state index in [-0.39, 0.29) is 11.7 Å². The van der Waals surface area contributed by atoms with Crippen molar-refractivity contribution >= 4 is 28.2 Å². The van der Waals surface area contributed by atoms with E-state index in [2.05, 4.69) is 15.3 Å². The minimum absolute atomic E-state index is 0.0202. The molecule has 8 heteroatoms. The summed E-state index contributed by atoms with van der Waals surface area (Å²) in [6.07, 6.45) is 4.22. The Bertz CT molecular complexity index is 934. The highest BCUT2D eigenvalue weighted by atomic mass is 32.1. The normalized spacial score (nSPS) is 10.7. The molecule has 7 nitrogen and oxygen atoms in total. The van der Waals surface area contributed by atoms with E-state index in [1.807, 2.05) is 6.92 Å². The molecule has 1 N–H and O–H groups in total. The van der Waals surface area contributed by atoms with Gasteiger partial charge < -0.3 is 9.15 Å². The number of anilines is 1. The standard InChI is InChI=1S/C19H19N3O4S/c1-3-5-14(23)17-16(15-6-4-9-26-15)21-19(27-17)22-18(24)12-7-8-20-13(10-12)11-25-2/h4,6-10H,3,5,11H2,1-2H3,(H,21,22,24). The molecule has 27 heavy (non-hydrogen) atoms. The number of methoxy groups -OCH3 is 1. The van der Waals surface area contributed by atoms with Gasteiger partial charge in [-0.25, -0.2) is 4.98 Å². The van der Waals surface area contributed by atoms with Gasteiger partial charge in [-0.15, -0.1) is 0 Å². The molecule has 1 amide bonds. The van der Waals surface area contributed by atoms with Crippen molar-refractivity contribution < 1.29 is 18.7 Å². The van der Waals surface area contributed by atoms with E-state index in [0.29, 0.717) is 45.7 Å². The molecule has 0 unspecified atom stereocenters. The summed E-state index contributed by atoms with van der Waals surface area (Å²) in [5.41, 5.74) is 1.54. The second-order valence-corrected chi connectivity index (χ2v) is 6.77. The number of hydrogen-bond acceptors (Lipinski definition) is 7. The van der Waals surface area contributed by atoms with Gasteiger partial charge in [-0.2, -0.15) is 0 Å². The summed E-state index contributed by atoms with van der Waals surface area (Å²) in [7, 11) is 1.56. The molecule has 0 saturated heterocycles. The quantitative estimate of drug-likeness (QED) is 0.585. The number of nitrogens with zero attached hydrogens (tertiary/aromatic N) is 2. The number of thiazole rings is 1. The van der Waals surface area contributed by atoms with Crippen LogP contribution in [0.5, 0.6) is 0 Å². The maximum absolute atomic E-state index is 12.6. The predicted molar refractivity (Wildman–Crippen MR) is 102 cm³/mol. The molecule has 3 aromatic rings. The lowest BCUT2D eigenvalue weighted by Gasteiger charge is -2.03. The lowest BCUT2D eigenvalue weighted by Crippen LogP contribution is -2.12. The minimum Gasteiger partial charge on any atom is -0.463 e. The number of rotatable bonds is 8. The van der Waals surface area contributed by atoms with Crippen molar-refractivity contribution in [2.24, 2.45) is 0 Å². The smallest absolute Gasteiger partial charge is 0.257 e. The molecule has 0 bridgehead atoms. The molecule has 3 rings (SSSR count). The lowest BCUT2D eigenvalue weighted by atomic mass is 10.1. The van der Waals surface area contributed by atoms with Crippen LogP contribution in [0.1, 0.15) is 45.5 Å². The second kappa shape index (κ2) is 8.70. The van der Waals surface area contributed by atoms with Gasteiger partial charge in [-0.1, -0.05) is 18.3 Å². The van der Waals surface area contributed by atoms with Crippen LogP contribution < -0.4 is 5.32 Å². The van der Waals surface area contributed by atoms with E-state index in [1.54, 1.807) is 37.6 Å². The molecule has 0 aromatic carbocycles. The van der Waals surface area contributed by atoms with Gasteiger partial charge in [-0.3, -0.25) is 19.9 Å². The number of aromatic nitrogens is 2. The Labute approximate surface area is 160 Å². The zero-order chi connectivity index (χ0) is 19.2. The summed E-state index contributed by atoms with van der Waals surface area (Å²) in [6, 6.07) is 6.74. The summed E-state index contributed by atoms with van der Waals surface area (Å²) in [6.45, 7) is 2.26. The van der Waals surface area contributed by atoms with Crippen LogP contribution in [0.25, 0.3) is 11.5 Å². The van der Waals surface area contributed by atoms with Gasteiger partial charge >= 0.3 is 0 Å². The van der Waals surface area contributed by atoms with Crippen LogP contribution in [0.4, 0.5) is 5.13 Å². The van der Waals surface area contributed by atoms with Crippen molar-refractivity contribution in [2.45, 2.75) is 26.4 Å². The zero-order valence-corrected chi connectivity index (χ0v) is 15.8. The van der Waals surface area contributed by atoms with Gasteiger partial charge in [0.2, 0.25) is 0 Å². The Kier molecular flexibility index (Phi) is 6.10. The zero-order valence-electron chi connectivity index (χ0n) is 15.0. The Hall–Kier alpha value is -2.84. The number of hydrogen-bond donors (Lipinski definition) is 1. The van der Waals surface area contributed by atoms with Gasteiger partial charge in [0.25, 0.3) is 5.91 Å². The van der Waals surface area contributed by atoms with E-state index >= 15 is 0 Å². The third-order valence-electron chi connectivity index (χ3n) is 3.70. The SMILES string of the molecule is CCCC(=O)c1sc(NC(=O)c2ccnc(COC)c2)nc1-c1ccco1. The molecule has 0 aliphatic carbocycles. The van der Waals surface area contributed by atoms with Crippen LogP contribution >= 0.6 is 11.3 Å². The molecule has 3 aromatic heterocycles.